The van der Waals surface area contributed by atoms with Crippen LogP contribution in [0.25, 0.3) is 5.69 Å². The normalized spacial score (nSPS) is 16.2. The van der Waals surface area contributed by atoms with Crippen molar-refractivity contribution in [2.45, 2.75) is 25.3 Å². The highest BCUT2D eigenvalue weighted by Gasteiger charge is 2.35. The maximum Gasteiger partial charge on any atom is 0.273 e. The largest absolute Gasteiger partial charge is 0.343 e. The summed E-state index contributed by atoms with van der Waals surface area (Å²) in [7, 11) is -0.347. The van der Waals surface area contributed by atoms with E-state index in [-0.39, 0.29) is 29.0 Å². The third-order valence-corrected chi connectivity index (χ3v) is 5.97. The van der Waals surface area contributed by atoms with Crippen molar-refractivity contribution in [3.8, 4) is 5.69 Å². The molecule has 0 unspecified atom stereocenters. The van der Waals surface area contributed by atoms with Crippen molar-refractivity contribution in [2.75, 3.05) is 20.6 Å². The first kappa shape index (κ1) is 17.6. The zero-order chi connectivity index (χ0) is 18.4. The van der Waals surface area contributed by atoms with E-state index in [4.69, 9.17) is 0 Å². The Morgan fingerprint density at radius 1 is 1.28 bits per heavy atom. The summed E-state index contributed by atoms with van der Waals surface area (Å²) in [6, 6.07) is 6.82. The maximum absolute atomic E-state index is 13.1. The van der Waals surface area contributed by atoms with Crippen molar-refractivity contribution >= 4 is 15.9 Å². The second-order valence-electron chi connectivity index (χ2n) is 6.77. The van der Waals surface area contributed by atoms with E-state index in [1.54, 1.807) is 42.9 Å². The molecular weight excluding hydrogens is 340 g/mol. The smallest absolute Gasteiger partial charge is 0.273 e. The fourth-order valence-electron chi connectivity index (χ4n) is 2.96. The minimum Gasteiger partial charge on any atom is -0.343 e. The Bertz CT molecular complexity index is 916. The van der Waals surface area contributed by atoms with Gasteiger partial charge < -0.3 is 4.90 Å². The first-order valence-corrected chi connectivity index (χ1v) is 9.55. The molecule has 1 aliphatic rings. The molecule has 7 nitrogen and oxygen atoms in total. The van der Waals surface area contributed by atoms with Gasteiger partial charge in [-0.2, -0.15) is 4.31 Å². The van der Waals surface area contributed by atoms with Gasteiger partial charge in [-0.25, -0.2) is 13.4 Å². The molecule has 0 saturated carbocycles. The van der Waals surface area contributed by atoms with Gasteiger partial charge in [-0.15, -0.1) is 0 Å². The third kappa shape index (κ3) is 2.96. The monoisotopic (exact) mass is 362 g/mol. The van der Waals surface area contributed by atoms with Crippen LogP contribution in [0.15, 0.2) is 35.5 Å². The van der Waals surface area contributed by atoms with E-state index in [1.807, 2.05) is 13.8 Å². The number of nitrogens with zero attached hydrogens (tertiary/aromatic N) is 4. The maximum atomic E-state index is 13.1. The SMILES string of the molecule is CC(C)CN1Cc2c(C(=O)N(C)C)ncn2-c2ccccc2S1(=O)=O. The summed E-state index contributed by atoms with van der Waals surface area (Å²) in [4.78, 5) is 18.4. The van der Waals surface area contributed by atoms with Crippen molar-refractivity contribution < 1.29 is 13.2 Å². The van der Waals surface area contributed by atoms with Crippen LogP contribution in [0.3, 0.4) is 0 Å². The second-order valence-corrected chi connectivity index (χ2v) is 8.67. The molecular formula is C17H22N4O3S. The van der Waals surface area contributed by atoms with E-state index in [2.05, 4.69) is 4.98 Å². The quantitative estimate of drug-likeness (QED) is 0.833. The van der Waals surface area contributed by atoms with Gasteiger partial charge in [0.15, 0.2) is 5.69 Å². The molecule has 0 spiro atoms. The summed E-state index contributed by atoms with van der Waals surface area (Å²) in [6.45, 7) is 4.42. The highest BCUT2D eigenvalue weighted by atomic mass is 32.2. The van der Waals surface area contributed by atoms with Gasteiger partial charge >= 0.3 is 0 Å². The summed E-state index contributed by atoms with van der Waals surface area (Å²) >= 11 is 0. The van der Waals surface area contributed by atoms with Gasteiger partial charge in [-0.1, -0.05) is 26.0 Å². The lowest BCUT2D eigenvalue weighted by atomic mass is 10.2. The lowest BCUT2D eigenvalue weighted by Gasteiger charge is -2.22. The molecule has 0 saturated heterocycles. The second kappa shape index (κ2) is 6.27. The number of hydrogen-bond donors (Lipinski definition) is 0. The van der Waals surface area contributed by atoms with Crippen LogP contribution < -0.4 is 0 Å². The molecule has 1 aliphatic heterocycles. The predicted molar refractivity (Wildman–Crippen MR) is 94.0 cm³/mol. The molecule has 0 aliphatic carbocycles. The van der Waals surface area contributed by atoms with Crippen LogP contribution in [0, 0.1) is 5.92 Å². The van der Waals surface area contributed by atoms with E-state index in [1.165, 1.54) is 15.5 Å². The van der Waals surface area contributed by atoms with Crippen LogP contribution >= 0.6 is 0 Å². The Balaban J connectivity index is 2.26. The molecule has 0 N–H and O–H groups in total. The average Bonchev–Trinajstić information content (AvgIpc) is 2.92. The Morgan fingerprint density at radius 2 is 1.96 bits per heavy atom. The molecule has 25 heavy (non-hydrogen) atoms. The number of fused-ring (bicyclic) bond motifs is 3. The van der Waals surface area contributed by atoms with Crippen LogP contribution in [-0.4, -0.2) is 53.7 Å². The number of para-hydroxylation sites is 1. The Kier molecular flexibility index (Phi) is 4.42. The number of rotatable bonds is 3. The first-order valence-electron chi connectivity index (χ1n) is 8.11. The Hall–Kier alpha value is -2.19. The number of imidazole rings is 1. The molecule has 0 fully saturated rings. The summed E-state index contributed by atoms with van der Waals surface area (Å²) < 4.78 is 29.4. The van der Waals surface area contributed by atoms with Crippen molar-refractivity contribution in [1.82, 2.24) is 18.8 Å². The van der Waals surface area contributed by atoms with Crippen LogP contribution in [0.4, 0.5) is 0 Å². The van der Waals surface area contributed by atoms with Crippen molar-refractivity contribution in [3.63, 3.8) is 0 Å². The van der Waals surface area contributed by atoms with E-state index in [0.29, 0.717) is 17.9 Å². The molecule has 2 heterocycles. The summed E-state index contributed by atoms with van der Waals surface area (Å²) in [5.74, 6) is -0.0839. The topological polar surface area (TPSA) is 75.5 Å². The molecule has 0 bridgehead atoms. The predicted octanol–water partition coefficient (Wildman–Crippen LogP) is 1.73. The minimum atomic E-state index is -3.65. The molecule has 8 heteroatoms. The molecule has 0 radical (unpaired) electrons. The van der Waals surface area contributed by atoms with Gasteiger partial charge in [-0.3, -0.25) is 9.36 Å². The summed E-state index contributed by atoms with van der Waals surface area (Å²) in [6.07, 6.45) is 1.53. The summed E-state index contributed by atoms with van der Waals surface area (Å²) in [5.41, 5.74) is 1.40. The van der Waals surface area contributed by atoms with E-state index in [0.717, 1.165) is 0 Å². The van der Waals surface area contributed by atoms with E-state index in [9.17, 15) is 13.2 Å². The fraction of sp³-hybridized carbons (Fsp3) is 0.412. The van der Waals surface area contributed by atoms with Gasteiger partial charge in [0.2, 0.25) is 10.0 Å². The average molecular weight is 362 g/mol. The van der Waals surface area contributed by atoms with Crippen LogP contribution in [0.5, 0.6) is 0 Å². The third-order valence-electron chi connectivity index (χ3n) is 4.11. The van der Waals surface area contributed by atoms with Gasteiger partial charge in [0.25, 0.3) is 5.91 Å². The number of amides is 1. The standard InChI is InChI=1S/C17H22N4O3S/c1-12(2)9-20-10-14-16(17(22)19(3)4)18-11-21(14)13-7-5-6-8-15(13)25(20,23)24/h5-8,11-12H,9-10H2,1-4H3. The van der Waals surface area contributed by atoms with Crippen molar-refractivity contribution in [2.24, 2.45) is 5.92 Å². The van der Waals surface area contributed by atoms with E-state index >= 15 is 0 Å². The highest BCUT2D eigenvalue weighted by Crippen LogP contribution is 2.31. The molecule has 0 atom stereocenters. The number of benzene rings is 1. The van der Waals surface area contributed by atoms with Gasteiger partial charge in [0.1, 0.15) is 11.2 Å². The number of aromatic nitrogens is 2. The first-order chi connectivity index (χ1) is 11.7. The molecule has 134 valence electrons. The number of carbonyl (C=O) groups excluding carboxylic acids is 1. The molecule has 1 aromatic heterocycles. The number of sulfonamides is 1. The highest BCUT2D eigenvalue weighted by molar-refractivity contribution is 7.89. The van der Waals surface area contributed by atoms with Gasteiger partial charge in [0.05, 0.1) is 17.9 Å². The Morgan fingerprint density at radius 3 is 2.60 bits per heavy atom. The van der Waals surface area contributed by atoms with Crippen LogP contribution in [0.1, 0.15) is 30.0 Å². The van der Waals surface area contributed by atoms with Crippen molar-refractivity contribution in [1.29, 1.82) is 0 Å². The number of hydrogen-bond acceptors (Lipinski definition) is 4. The molecule has 1 aromatic carbocycles. The number of carbonyl (C=O) groups is 1. The van der Waals surface area contributed by atoms with E-state index < -0.39 is 10.0 Å². The lowest BCUT2D eigenvalue weighted by Crippen LogP contribution is -2.34. The zero-order valence-corrected chi connectivity index (χ0v) is 15.6. The van der Waals surface area contributed by atoms with Crippen molar-refractivity contribution in [3.05, 3.63) is 42.0 Å². The zero-order valence-electron chi connectivity index (χ0n) is 14.8. The lowest BCUT2D eigenvalue weighted by molar-refractivity contribution is 0.0820. The molecule has 3 rings (SSSR count). The van der Waals surface area contributed by atoms with Gasteiger partial charge in [0, 0.05) is 20.6 Å². The summed E-state index contributed by atoms with van der Waals surface area (Å²) in [5, 5.41) is 0. The van der Waals surface area contributed by atoms with Crippen LogP contribution in [0.2, 0.25) is 0 Å². The molecule has 1 amide bonds. The van der Waals surface area contributed by atoms with Gasteiger partial charge in [-0.05, 0) is 18.1 Å². The minimum absolute atomic E-state index is 0.115. The molecule has 2 aromatic rings. The Labute approximate surface area is 147 Å². The fourth-order valence-corrected chi connectivity index (χ4v) is 4.70. The van der Waals surface area contributed by atoms with Crippen LogP contribution in [-0.2, 0) is 16.6 Å².